The van der Waals surface area contributed by atoms with Gasteiger partial charge in [-0.3, -0.25) is 14.9 Å². The standard InChI is InChI=1S/C19H15N5O3/c1-12(25)22-15-4-2-13(3-5-15)11-21-19-8-14(10-20)17-9-16(24(26)27)6-7-18(17)23-19/h2-9H,11H2,1H3,(H,21,23)(H,22,25). The van der Waals surface area contributed by atoms with Crippen LogP contribution in [0.25, 0.3) is 10.9 Å². The van der Waals surface area contributed by atoms with Crippen LogP contribution in [0.3, 0.4) is 0 Å². The zero-order valence-electron chi connectivity index (χ0n) is 14.4. The Kier molecular flexibility index (Phi) is 4.95. The zero-order chi connectivity index (χ0) is 19.4. The molecule has 0 bridgehead atoms. The van der Waals surface area contributed by atoms with Crippen molar-refractivity contribution in [2.75, 3.05) is 10.6 Å². The molecule has 0 spiro atoms. The lowest BCUT2D eigenvalue weighted by atomic mass is 10.1. The summed E-state index contributed by atoms with van der Waals surface area (Å²) in [7, 11) is 0. The van der Waals surface area contributed by atoms with Crippen LogP contribution in [0.5, 0.6) is 0 Å². The molecule has 27 heavy (non-hydrogen) atoms. The molecule has 0 aliphatic heterocycles. The number of nitriles is 1. The van der Waals surface area contributed by atoms with Crippen molar-refractivity contribution in [3.63, 3.8) is 0 Å². The van der Waals surface area contributed by atoms with Gasteiger partial charge in [-0.1, -0.05) is 12.1 Å². The number of rotatable bonds is 5. The van der Waals surface area contributed by atoms with Crippen LogP contribution in [-0.4, -0.2) is 15.8 Å². The lowest BCUT2D eigenvalue weighted by molar-refractivity contribution is -0.384. The number of fused-ring (bicyclic) bond motifs is 1. The molecule has 0 saturated heterocycles. The summed E-state index contributed by atoms with van der Waals surface area (Å²) >= 11 is 0. The Morgan fingerprint density at radius 1 is 1.22 bits per heavy atom. The maximum Gasteiger partial charge on any atom is 0.270 e. The normalized spacial score (nSPS) is 10.2. The van der Waals surface area contributed by atoms with Gasteiger partial charge in [0.05, 0.1) is 22.1 Å². The monoisotopic (exact) mass is 361 g/mol. The predicted molar refractivity (Wildman–Crippen MR) is 101 cm³/mol. The van der Waals surface area contributed by atoms with E-state index in [0.717, 1.165) is 5.56 Å². The lowest BCUT2D eigenvalue weighted by Gasteiger charge is -2.09. The minimum atomic E-state index is -0.503. The van der Waals surface area contributed by atoms with Gasteiger partial charge in [-0.25, -0.2) is 4.98 Å². The summed E-state index contributed by atoms with van der Waals surface area (Å²) < 4.78 is 0. The Hall–Kier alpha value is -3.99. The van der Waals surface area contributed by atoms with Crippen LogP contribution in [0.15, 0.2) is 48.5 Å². The number of nitro benzene ring substituents is 1. The van der Waals surface area contributed by atoms with Gasteiger partial charge in [-0.2, -0.15) is 5.26 Å². The van der Waals surface area contributed by atoms with Crippen molar-refractivity contribution in [2.24, 2.45) is 0 Å². The molecule has 1 aromatic heterocycles. The predicted octanol–water partition coefficient (Wildman–Crippen LogP) is 3.59. The number of amides is 1. The number of nitro groups is 1. The van der Waals surface area contributed by atoms with Crippen LogP contribution in [0.4, 0.5) is 17.2 Å². The molecule has 2 N–H and O–H groups in total. The van der Waals surface area contributed by atoms with Crippen molar-refractivity contribution in [1.29, 1.82) is 5.26 Å². The molecule has 134 valence electrons. The van der Waals surface area contributed by atoms with Crippen molar-refractivity contribution in [2.45, 2.75) is 13.5 Å². The van der Waals surface area contributed by atoms with E-state index < -0.39 is 4.92 Å². The molecule has 0 unspecified atom stereocenters. The smallest absolute Gasteiger partial charge is 0.270 e. The number of carbonyl (C=O) groups excluding carboxylic acids is 1. The number of non-ortho nitro benzene ring substituents is 1. The number of nitrogens with zero attached hydrogens (tertiary/aromatic N) is 3. The highest BCUT2D eigenvalue weighted by molar-refractivity contribution is 5.89. The van der Waals surface area contributed by atoms with Gasteiger partial charge < -0.3 is 10.6 Å². The molecule has 8 nitrogen and oxygen atoms in total. The highest BCUT2D eigenvalue weighted by Gasteiger charge is 2.11. The van der Waals surface area contributed by atoms with Crippen molar-refractivity contribution in [3.8, 4) is 6.07 Å². The number of hydrogen-bond donors (Lipinski definition) is 2. The van der Waals surface area contributed by atoms with E-state index in [9.17, 15) is 20.2 Å². The quantitative estimate of drug-likeness (QED) is 0.529. The molecular weight excluding hydrogens is 346 g/mol. The van der Waals surface area contributed by atoms with Gasteiger partial charge >= 0.3 is 0 Å². The Bertz CT molecular complexity index is 1070. The second-order valence-electron chi connectivity index (χ2n) is 5.86. The van der Waals surface area contributed by atoms with E-state index in [1.807, 2.05) is 12.1 Å². The van der Waals surface area contributed by atoms with Crippen molar-refractivity contribution in [1.82, 2.24) is 4.98 Å². The van der Waals surface area contributed by atoms with E-state index in [0.29, 0.717) is 34.5 Å². The molecule has 2 aromatic carbocycles. The van der Waals surface area contributed by atoms with E-state index >= 15 is 0 Å². The Balaban J connectivity index is 1.81. The first kappa shape index (κ1) is 17.8. The summed E-state index contributed by atoms with van der Waals surface area (Å²) in [5, 5.41) is 26.6. The largest absolute Gasteiger partial charge is 0.366 e. The fourth-order valence-electron chi connectivity index (χ4n) is 2.61. The third-order valence-electron chi connectivity index (χ3n) is 3.87. The van der Waals surface area contributed by atoms with Crippen molar-refractivity contribution < 1.29 is 9.72 Å². The van der Waals surface area contributed by atoms with Gasteiger partial charge in [0.25, 0.3) is 5.69 Å². The second-order valence-corrected chi connectivity index (χ2v) is 5.86. The maximum atomic E-state index is 11.0. The minimum Gasteiger partial charge on any atom is -0.366 e. The topological polar surface area (TPSA) is 121 Å². The molecule has 0 saturated carbocycles. The summed E-state index contributed by atoms with van der Waals surface area (Å²) in [5.41, 5.74) is 2.41. The Labute approximate surface area is 154 Å². The minimum absolute atomic E-state index is 0.0826. The lowest BCUT2D eigenvalue weighted by Crippen LogP contribution is -2.06. The van der Waals surface area contributed by atoms with Crippen LogP contribution >= 0.6 is 0 Å². The fraction of sp³-hybridized carbons (Fsp3) is 0.105. The fourth-order valence-corrected chi connectivity index (χ4v) is 2.61. The van der Waals surface area contributed by atoms with E-state index in [-0.39, 0.29) is 11.6 Å². The number of carbonyl (C=O) groups is 1. The average Bonchev–Trinajstić information content (AvgIpc) is 2.65. The first-order valence-corrected chi connectivity index (χ1v) is 8.06. The molecule has 0 aliphatic carbocycles. The molecule has 0 atom stereocenters. The van der Waals surface area contributed by atoms with Gasteiger partial charge in [-0.05, 0) is 29.8 Å². The van der Waals surface area contributed by atoms with Crippen LogP contribution in [0.2, 0.25) is 0 Å². The highest BCUT2D eigenvalue weighted by Crippen LogP contribution is 2.25. The summed E-state index contributed by atoms with van der Waals surface area (Å²) in [6.45, 7) is 1.92. The van der Waals surface area contributed by atoms with Gasteiger partial charge in [0.15, 0.2) is 0 Å². The number of aromatic nitrogens is 1. The van der Waals surface area contributed by atoms with Crippen molar-refractivity contribution >= 4 is 34.0 Å². The summed E-state index contributed by atoms with van der Waals surface area (Å²) in [6.07, 6.45) is 0. The van der Waals surface area contributed by atoms with E-state index in [4.69, 9.17) is 0 Å². The summed E-state index contributed by atoms with van der Waals surface area (Å²) in [6, 6.07) is 15.2. The highest BCUT2D eigenvalue weighted by atomic mass is 16.6. The van der Waals surface area contributed by atoms with Gasteiger partial charge in [0.2, 0.25) is 5.91 Å². The molecule has 1 heterocycles. The molecule has 1 amide bonds. The molecular formula is C19H15N5O3. The first-order valence-electron chi connectivity index (χ1n) is 8.06. The number of anilines is 2. The van der Waals surface area contributed by atoms with Crippen LogP contribution in [0.1, 0.15) is 18.1 Å². The number of nitrogens with one attached hydrogen (secondary N) is 2. The van der Waals surface area contributed by atoms with Crippen LogP contribution in [-0.2, 0) is 11.3 Å². The Morgan fingerprint density at radius 3 is 2.59 bits per heavy atom. The summed E-state index contributed by atoms with van der Waals surface area (Å²) in [4.78, 5) is 25.9. The third kappa shape index (κ3) is 4.16. The number of benzene rings is 2. The van der Waals surface area contributed by atoms with E-state index in [1.165, 1.54) is 25.1 Å². The number of hydrogen-bond acceptors (Lipinski definition) is 6. The molecule has 3 aromatic rings. The zero-order valence-corrected chi connectivity index (χ0v) is 14.4. The second kappa shape index (κ2) is 7.49. The van der Waals surface area contributed by atoms with E-state index in [2.05, 4.69) is 21.7 Å². The average molecular weight is 361 g/mol. The van der Waals surface area contributed by atoms with Gasteiger partial charge in [0.1, 0.15) is 5.82 Å². The Morgan fingerprint density at radius 2 is 1.96 bits per heavy atom. The SMILES string of the molecule is CC(=O)Nc1ccc(CNc2cc(C#N)c3cc([N+](=O)[O-])ccc3n2)cc1. The van der Waals surface area contributed by atoms with Crippen LogP contribution in [0, 0.1) is 21.4 Å². The van der Waals surface area contributed by atoms with Gasteiger partial charge in [0, 0.05) is 36.7 Å². The maximum absolute atomic E-state index is 11.0. The molecule has 3 rings (SSSR count). The van der Waals surface area contributed by atoms with Crippen molar-refractivity contribution in [3.05, 3.63) is 69.8 Å². The summed E-state index contributed by atoms with van der Waals surface area (Å²) in [5.74, 6) is 0.365. The van der Waals surface area contributed by atoms with Crippen LogP contribution < -0.4 is 10.6 Å². The van der Waals surface area contributed by atoms with Gasteiger partial charge in [-0.15, -0.1) is 0 Å². The molecule has 0 radical (unpaired) electrons. The number of pyridine rings is 1. The first-order chi connectivity index (χ1) is 13.0. The molecule has 0 fully saturated rings. The van der Waals surface area contributed by atoms with E-state index in [1.54, 1.807) is 18.2 Å². The molecule has 0 aliphatic rings. The molecule has 8 heteroatoms. The third-order valence-corrected chi connectivity index (χ3v) is 3.87.